The minimum Gasteiger partial charge on any atom is -0.455 e. The number of ketones is 1. The van der Waals surface area contributed by atoms with Gasteiger partial charge in [-0.15, -0.1) is 0 Å². The van der Waals surface area contributed by atoms with Gasteiger partial charge in [0.15, 0.2) is 17.5 Å². The topological polar surface area (TPSA) is 104 Å². The highest BCUT2D eigenvalue weighted by Crippen LogP contribution is 2.71. The second-order valence-corrected chi connectivity index (χ2v) is 14.7. The average molecular weight is 587 g/mol. The molecule has 4 aliphatic carbocycles. The lowest BCUT2D eigenvalue weighted by Gasteiger charge is -2.48. The highest BCUT2D eigenvalue weighted by Gasteiger charge is 2.76. The second kappa shape index (κ2) is 13.6. The van der Waals surface area contributed by atoms with Crippen LogP contribution in [0.5, 0.6) is 0 Å². The van der Waals surface area contributed by atoms with E-state index in [9.17, 15) is 24.9 Å². The Hall–Kier alpha value is -1.50. The van der Waals surface area contributed by atoms with Gasteiger partial charge in [-0.1, -0.05) is 117 Å². The van der Waals surface area contributed by atoms with Crippen molar-refractivity contribution < 1.29 is 29.6 Å². The molecule has 42 heavy (non-hydrogen) atoms. The molecule has 2 saturated carbocycles. The molecule has 0 saturated heterocycles. The van der Waals surface area contributed by atoms with E-state index in [1.165, 1.54) is 64.2 Å². The number of allylic oxidation sites excluding steroid dienone is 1. The molecule has 6 nitrogen and oxygen atoms in total. The average Bonchev–Trinajstić information content (AvgIpc) is 3.44. The number of aliphatic hydroxyl groups excluding tert-OH is 2. The van der Waals surface area contributed by atoms with Crippen LogP contribution in [-0.4, -0.2) is 51.5 Å². The van der Waals surface area contributed by atoms with E-state index in [2.05, 4.69) is 20.8 Å². The summed E-state index contributed by atoms with van der Waals surface area (Å²) in [4.78, 5) is 27.5. The van der Waals surface area contributed by atoms with Crippen molar-refractivity contribution in [1.82, 2.24) is 0 Å². The minimum absolute atomic E-state index is 0.0161. The largest absolute Gasteiger partial charge is 0.455 e. The van der Waals surface area contributed by atoms with E-state index >= 15 is 0 Å². The van der Waals surface area contributed by atoms with E-state index in [0.29, 0.717) is 11.5 Å². The number of hydrogen-bond acceptors (Lipinski definition) is 6. The van der Waals surface area contributed by atoms with Crippen molar-refractivity contribution in [2.45, 2.75) is 149 Å². The summed E-state index contributed by atoms with van der Waals surface area (Å²) in [6.45, 7) is 9.91. The van der Waals surface area contributed by atoms with Crippen molar-refractivity contribution in [3.05, 3.63) is 23.3 Å². The number of carbonyl (C=O) groups is 2. The lowest BCUT2D eigenvalue weighted by Crippen LogP contribution is -2.65. The van der Waals surface area contributed by atoms with E-state index < -0.39 is 41.7 Å². The van der Waals surface area contributed by atoms with Gasteiger partial charge in [-0.25, -0.2) is 0 Å². The zero-order valence-corrected chi connectivity index (χ0v) is 27.0. The number of Topliss-reactive ketones (excluding diaryl/α,β-unsaturated/α-hetero) is 1. The van der Waals surface area contributed by atoms with Crippen molar-refractivity contribution in [1.29, 1.82) is 0 Å². The smallest absolute Gasteiger partial charge is 0.306 e. The van der Waals surface area contributed by atoms with Crippen LogP contribution in [0.25, 0.3) is 0 Å². The van der Waals surface area contributed by atoms with Gasteiger partial charge in [0.25, 0.3) is 0 Å². The van der Waals surface area contributed by atoms with E-state index in [0.717, 1.165) is 25.7 Å². The van der Waals surface area contributed by atoms with Crippen LogP contribution < -0.4 is 0 Å². The normalized spacial score (nSPS) is 36.3. The number of esters is 1. The Balaban J connectivity index is 1.32. The predicted molar refractivity (Wildman–Crippen MR) is 166 cm³/mol. The van der Waals surface area contributed by atoms with Crippen molar-refractivity contribution in [3.8, 4) is 0 Å². The number of aliphatic hydroxyl groups is 3. The maximum absolute atomic E-state index is 14.4. The van der Waals surface area contributed by atoms with E-state index in [1.807, 2.05) is 6.92 Å². The molecule has 0 heterocycles. The first-order valence-corrected chi connectivity index (χ1v) is 17.1. The zero-order chi connectivity index (χ0) is 30.7. The Kier molecular flexibility index (Phi) is 10.9. The van der Waals surface area contributed by atoms with E-state index in [-0.39, 0.29) is 35.0 Å². The van der Waals surface area contributed by atoms with Gasteiger partial charge in [0.1, 0.15) is 6.10 Å². The third-order valence-corrected chi connectivity index (χ3v) is 11.6. The molecule has 2 fully saturated rings. The summed E-state index contributed by atoms with van der Waals surface area (Å²) < 4.78 is 5.95. The third kappa shape index (κ3) is 5.94. The van der Waals surface area contributed by atoms with Gasteiger partial charge < -0.3 is 20.1 Å². The van der Waals surface area contributed by atoms with Gasteiger partial charge in [0, 0.05) is 12.3 Å². The molecular formula is C36H58O6. The summed E-state index contributed by atoms with van der Waals surface area (Å²) in [6.07, 6.45) is 17.7. The minimum atomic E-state index is -2.05. The molecule has 0 aromatic carbocycles. The summed E-state index contributed by atoms with van der Waals surface area (Å²) in [7, 11) is 0. The number of fused-ring (bicyclic) bond motifs is 3. The fourth-order valence-electron chi connectivity index (χ4n) is 9.07. The van der Waals surface area contributed by atoms with Crippen molar-refractivity contribution in [2.24, 2.45) is 34.5 Å². The summed E-state index contributed by atoms with van der Waals surface area (Å²) in [6, 6.07) is 0. The van der Waals surface area contributed by atoms with E-state index in [4.69, 9.17) is 4.74 Å². The van der Waals surface area contributed by atoms with Crippen LogP contribution in [0.3, 0.4) is 0 Å². The standard InChI is InChI=1S/C36H58O6/c1-6-7-8-9-10-11-12-13-14-15-16-17-18-19-29(38)42-33-24(2)22-35-25(3)20-28-30(34(28,4)5)27(32(35)40)21-26(23-37)31(39)36(33,35)41/h21-22,25,27-28,30-31,33,37,39,41H,6-20,23H2,1-5H3/t25-,27+,28-,30+,31-,33+,35+,36+/m1/s1. The van der Waals surface area contributed by atoms with Gasteiger partial charge in [-0.2, -0.15) is 0 Å². The molecule has 0 radical (unpaired) electrons. The van der Waals surface area contributed by atoms with Crippen LogP contribution in [-0.2, 0) is 14.3 Å². The molecule has 0 aromatic rings. The molecule has 3 N–H and O–H groups in total. The maximum Gasteiger partial charge on any atom is 0.306 e. The quantitative estimate of drug-likeness (QED) is 0.104. The van der Waals surface area contributed by atoms with Gasteiger partial charge >= 0.3 is 5.97 Å². The number of ether oxygens (including phenoxy) is 1. The number of carbonyl (C=O) groups excluding carboxylic acids is 2. The number of unbranched alkanes of at least 4 members (excludes halogenated alkanes) is 12. The fourth-order valence-corrected chi connectivity index (χ4v) is 9.07. The van der Waals surface area contributed by atoms with Crippen LogP contribution in [0.4, 0.5) is 0 Å². The van der Waals surface area contributed by atoms with Crippen molar-refractivity contribution >= 4 is 11.8 Å². The van der Waals surface area contributed by atoms with Crippen LogP contribution >= 0.6 is 0 Å². The molecule has 0 aliphatic heterocycles. The SMILES string of the molecule is CCCCCCCCCCCCCCCC(=O)O[C@H]1C(C)=C[C@]23C(=O)[C@@H](C=C(CO)[C@@H](O)[C@]12O)[C@H]1[C@@H](C[C@H]3C)C1(C)C. The molecule has 2 bridgehead atoms. The first-order chi connectivity index (χ1) is 20.0. The van der Waals surface area contributed by atoms with Crippen LogP contribution in [0.2, 0.25) is 0 Å². The second-order valence-electron chi connectivity index (χ2n) is 14.7. The molecule has 6 heteroatoms. The lowest BCUT2D eigenvalue weighted by molar-refractivity contribution is -0.203. The summed E-state index contributed by atoms with van der Waals surface area (Å²) in [5.74, 6) is -0.856. The van der Waals surface area contributed by atoms with Gasteiger partial charge in [0.05, 0.1) is 12.0 Å². The Labute approximate surface area is 254 Å². The summed E-state index contributed by atoms with van der Waals surface area (Å²) in [5, 5.41) is 34.3. The molecule has 0 amide bonds. The summed E-state index contributed by atoms with van der Waals surface area (Å²) in [5.41, 5.74) is -2.60. The number of rotatable bonds is 16. The Morgan fingerprint density at radius 2 is 1.52 bits per heavy atom. The fraction of sp³-hybridized carbons (Fsp3) is 0.833. The van der Waals surface area contributed by atoms with Crippen LogP contribution in [0.15, 0.2) is 23.3 Å². The third-order valence-electron chi connectivity index (χ3n) is 11.6. The molecule has 4 aliphatic rings. The van der Waals surface area contributed by atoms with Gasteiger partial charge in [0.2, 0.25) is 0 Å². The summed E-state index contributed by atoms with van der Waals surface area (Å²) >= 11 is 0. The molecule has 238 valence electrons. The van der Waals surface area contributed by atoms with Gasteiger partial charge in [-0.3, -0.25) is 9.59 Å². The van der Waals surface area contributed by atoms with Crippen molar-refractivity contribution in [2.75, 3.05) is 6.61 Å². The lowest BCUT2D eigenvalue weighted by atomic mass is 9.59. The monoisotopic (exact) mass is 586 g/mol. The van der Waals surface area contributed by atoms with E-state index in [1.54, 1.807) is 19.1 Å². The molecule has 8 atom stereocenters. The predicted octanol–water partition coefficient (Wildman–Crippen LogP) is 6.85. The van der Waals surface area contributed by atoms with Crippen LogP contribution in [0.1, 0.15) is 131 Å². The van der Waals surface area contributed by atoms with Crippen molar-refractivity contribution in [3.63, 3.8) is 0 Å². The highest BCUT2D eigenvalue weighted by molar-refractivity contribution is 5.95. The first kappa shape index (κ1) is 33.4. The zero-order valence-electron chi connectivity index (χ0n) is 27.0. The Morgan fingerprint density at radius 1 is 0.976 bits per heavy atom. The molecule has 4 rings (SSSR count). The molecule has 0 aromatic heterocycles. The van der Waals surface area contributed by atoms with Crippen LogP contribution in [0, 0.1) is 34.5 Å². The number of hydrogen-bond donors (Lipinski definition) is 3. The Bertz CT molecular complexity index is 1030. The molecular weight excluding hydrogens is 528 g/mol. The maximum atomic E-state index is 14.4. The first-order valence-electron chi connectivity index (χ1n) is 17.1. The molecule has 1 spiro atoms. The molecule has 0 unspecified atom stereocenters. The Morgan fingerprint density at radius 3 is 2.07 bits per heavy atom. The highest BCUT2D eigenvalue weighted by atomic mass is 16.6. The van der Waals surface area contributed by atoms with Gasteiger partial charge in [-0.05, 0) is 54.1 Å².